The molecule has 2 aliphatic carbocycles. The molecule has 2 atom stereocenters. The second kappa shape index (κ2) is 9.94. The van der Waals surface area contributed by atoms with Gasteiger partial charge in [0.1, 0.15) is 6.10 Å². The Morgan fingerprint density at radius 2 is 1.97 bits per heavy atom. The number of benzene rings is 1. The van der Waals surface area contributed by atoms with Crippen molar-refractivity contribution in [3.63, 3.8) is 0 Å². The van der Waals surface area contributed by atoms with Gasteiger partial charge in [0.25, 0.3) is 0 Å². The van der Waals surface area contributed by atoms with Crippen LogP contribution in [-0.2, 0) is 25.8 Å². The summed E-state index contributed by atoms with van der Waals surface area (Å²) in [6, 6.07) is 8.46. The molecule has 0 saturated heterocycles. The lowest BCUT2D eigenvalue weighted by molar-refractivity contribution is -0.115. The zero-order valence-corrected chi connectivity index (χ0v) is 19.5. The predicted molar refractivity (Wildman–Crippen MR) is 123 cm³/mol. The summed E-state index contributed by atoms with van der Waals surface area (Å²) in [7, 11) is -3.38. The van der Waals surface area contributed by atoms with Crippen molar-refractivity contribution in [3.8, 4) is 0 Å². The van der Waals surface area contributed by atoms with Gasteiger partial charge < -0.3 is 15.4 Å². The van der Waals surface area contributed by atoms with E-state index in [1.54, 1.807) is 30.3 Å². The van der Waals surface area contributed by atoms with Crippen molar-refractivity contribution >= 4 is 27.7 Å². The first-order valence-corrected chi connectivity index (χ1v) is 13.0. The molecule has 2 amide bonds. The zero-order valence-electron chi connectivity index (χ0n) is 18.7. The van der Waals surface area contributed by atoms with Crippen LogP contribution in [0, 0.1) is 0 Å². The number of carbonyl (C=O) groups is 2. The van der Waals surface area contributed by atoms with Gasteiger partial charge in [-0.05, 0) is 50.2 Å². The van der Waals surface area contributed by atoms with Crippen molar-refractivity contribution in [1.82, 2.24) is 15.5 Å². The summed E-state index contributed by atoms with van der Waals surface area (Å²) in [6.07, 6.45) is 3.96. The Bertz CT molecular complexity index is 1110. The minimum absolute atomic E-state index is 0.0451. The number of nitrogens with zero attached hydrogens (tertiary/aromatic N) is 1. The normalized spacial score (nSPS) is 20.4. The van der Waals surface area contributed by atoms with E-state index < -0.39 is 9.84 Å². The van der Waals surface area contributed by atoms with E-state index in [-0.39, 0.29) is 40.6 Å². The number of rotatable bonds is 9. The number of hydrogen-bond acceptors (Lipinski definition) is 6. The lowest BCUT2D eigenvalue weighted by atomic mass is 10.0. The quantitative estimate of drug-likeness (QED) is 0.511. The number of carbonyl (C=O) groups excluding carboxylic acids is 2. The molecule has 1 aromatic carbocycles. The average molecular weight is 475 g/mol. The molecule has 2 aromatic rings. The third-order valence-corrected chi connectivity index (χ3v) is 8.44. The number of aromatic amines is 1. The SMILES string of the molecule is CCCNC(=O)O[C@@H]1CC[C@H](c2cc(NC(=O)Cc3ccccc3S(=O)(=O)C3CC3)n[nH]2)C1. The van der Waals surface area contributed by atoms with Gasteiger partial charge in [-0.15, -0.1) is 0 Å². The van der Waals surface area contributed by atoms with Gasteiger partial charge in [0.2, 0.25) is 5.91 Å². The van der Waals surface area contributed by atoms with Gasteiger partial charge in [-0.3, -0.25) is 9.89 Å². The number of alkyl carbamates (subject to hydrolysis) is 1. The fraction of sp³-hybridized carbons (Fsp3) is 0.522. The number of nitrogens with one attached hydrogen (secondary N) is 3. The van der Waals surface area contributed by atoms with Crippen molar-refractivity contribution in [3.05, 3.63) is 41.6 Å². The molecule has 0 bridgehead atoms. The van der Waals surface area contributed by atoms with E-state index in [9.17, 15) is 18.0 Å². The van der Waals surface area contributed by atoms with Crippen LogP contribution in [0.25, 0.3) is 0 Å². The molecule has 1 heterocycles. The van der Waals surface area contributed by atoms with Gasteiger partial charge in [0, 0.05) is 24.2 Å². The molecule has 0 aliphatic heterocycles. The van der Waals surface area contributed by atoms with E-state index in [4.69, 9.17) is 4.74 Å². The second-order valence-electron chi connectivity index (χ2n) is 8.75. The first-order chi connectivity index (χ1) is 15.9. The van der Waals surface area contributed by atoms with Gasteiger partial charge in [-0.25, -0.2) is 13.2 Å². The predicted octanol–water partition coefficient (Wildman–Crippen LogP) is 3.30. The number of H-pyrrole nitrogens is 1. The average Bonchev–Trinajstić information content (AvgIpc) is 3.40. The fourth-order valence-corrected chi connectivity index (χ4v) is 6.09. The minimum Gasteiger partial charge on any atom is -0.446 e. The zero-order chi connectivity index (χ0) is 23.4. The molecular formula is C23H30N4O5S. The summed E-state index contributed by atoms with van der Waals surface area (Å²) >= 11 is 0. The van der Waals surface area contributed by atoms with Gasteiger partial charge in [-0.2, -0.15) is 5.10 Å². The third kappa shape index (κ3) is 5.73. The molecule has 1 aromatic heterocycles. The highest BCUT2D eigenvalue weighted by Crippen LogP contribution is 2.36. The van der Waals surface area contributed by atoms with Gasteiger partial charge >= 0.3 is 6.09 Å². The molecule has 2 aliphatic rings. The molecule has 0 unspecified atom stereocenters. The molecule has 0 spiro atoms. The smallest absolute Gasteiger partial charge is 0.407 e. The summed E-state index contributed by atoms with van der Waals surface area (Å²) in [5.74, 6) is 0.228. The molecular weight excluding hydrogens is 444 g/mol. The Morgan fingerprint density at radius 1 is 1.18 bits per heavy atom. The van der Waals surface area contributed by atoms with Crippen molar-refractivity contribution in [2.24, 2.45) is 0 Å². The Hall–Kier alpha value is -2.88. The maximum Gasteiger partial charge on any atom is 0.407 e. The molecule has 178 valence electrons. The molecule has 10 heteroatoms. The van der Waals surface area contributed by atoms with Crippen LogP contribution in [0.5, 0.6) is 0 Å². The maximum absolute atomic E-state index is 12.7. The molecule has 4 rings (SSSR count). The molecule has 9 nitrogen and oxygen atoms in total. The van der Waals surface area contributed by atoms with Gasteiger partial charge in [0.15, 0.2) is 15.7 Å². The highest BCUT2D eigenvalue weighted by atomic mass is 32.2. The summed E-state index contributed by atoms with van der Waals surface area (Å²) in [5, 5.41) is 12.3. The summed E-state index contributed by atoms with van der Waals surface area (Å²) in [4.78, 5) is 24.6. The standard InChI is InChI=1S/C23H30N4O5S/c1-2-11-24-23(29)32-17-8-7-15(12-17)19-14-21(27-26-19)25-22(28)13-16-5-3-4-6-20(16)33(30,31)18-9-10-18/h3-6,14-15,17-18H,2,7-13H2,1H3,(H,24,29)(H2,25,26,27,28)/t15-,17+/m0/s1. The highest BCUT2D eigenvalue weighted by molar-refractivity contribution is 7.92. The van der Waals surface area contributed by atoms with E-state index in [1.165, 1.54) is 0 Å². The highest BCUT2D eigenvalue weighted by Gasteiger charge is 2.38. The molecule has 2 fully saturated rings. The lowest BCUT2D eigenvalue weighted by Gasteiger charge is -2.12. The van der Waals surface area contributed by atoms with E-state index >= 15 is 0 Å². The van der Waals surface area contributed by atoms with Crippen LogP contribution in [0.4, 0.5) is 10.6 Å². The Kier molecular flexibility index (Phi) is 7.02. The number of ether oxygens (including phenoxy) is 1. The van der Waals surface area contributed by atoms with Crippen LogP contribution in [-0.4, -0.2) is 48.5 Å². The van der Waals surface area contributed by atoms with Crippen LogP contribution in [0.2, 0.25) is 0 Å². The molecule has 3 N–H and O–H groups in total. The maximum atomic E-state index is 12.7. The van der Waals surface area contributed by atoms with Crippen LogP contribution < -0.4 is 10.6 Å². The minimum atomic E-state index is -3.38. The summed E-state index contributed by atoms with van der Waals surface area (Å²) in [6.45, 7) is 2.57. The Balaban J connectivity index is 1.33. The number of sulfone groups is 1. The molecule has 33 heavy (non-hydrogen) atoms. The summed E-state index contributed by atoms with van der Waals surface area (Å²) in [5.41, 5.74) is 1.37. The topological polar surface area (TPSA) is 130 Å². The van der Waals surface area contributed by atoms with Crippen molar-refractivity contribution in [2.75, 3.05) is 11.9 Å². The fourth-order valence-electron chi connectivity index (χ4n) is 4.20. The number of aromatic nitrogens is 2. The van der Waals surface area contributed by atoms with E-state index in [2.05, 4.69) is 20.8 Å². The Morgan fingerprint density at radius 3 is 2.73 bits per heavy atom. The van der Waals surface area contributed by atoms with Crippen LogP contribution in [0.15, 0.2) is 35.2 Å². The Labute approximate surface area is 193 Å². The van der Waals surface area contributed by atoms with Crippen LogP contribution in [0.3, 0.4) is 0 Å². The van der Waals surface area contributed by atoms with Crippen molar-refractivity contribution in [2.45, 2.75) is 74.0 Å². The monoisotopic (exact) mass is 474 g/mol. The second-order valence-corrected chi connectivity index (χ2v) is 10.9. The molecule has 0 radical (unpaired) electrons. The van der Waals surface area contributed by atoms with Crippen LogP contribution >= 0.6 is 0 Å². The van der Waals surface area contributed by atoms with Crippen LogP contribution in [0.1, 0.15) is 62.6 Å². The number of anilines is 1. The van der Waals surface area contributed by atoms with E-state index in [1.807, 2.05) is 6.92 Å². The third-order valence-electron chi connectivity index (χ3n) is 6.08. The summed E-state index contributed by atoms with van der Waals surface area (Å²) < 4.78 is 30.8. The lowest BCUT2D eigenvalue weighted by Crippen LogP contribution is -2.28. The van der Waals surface area contributed by atoms with Gasteiger partial charge in [0.05, 0.1) is 16.6 Å². The van der Waals surface area contributed by atoms with E-state index in [0.29, 0.717) is 37.2 Å². The molecule has 2 saturated carbocycles. The van der Waals surface area contributed by atoms with E-state index in [0.717, 1.165) is 25.0 Å². The number of hydrogen-bond donors (Lipinski definition) is 3. The number of amides is 2. The van der Waals surface area contributed by atoms with Gasteiger partial charge in [-0.1, -0.05) is 25.1 Å². The first kappa shape index (κ1) is 23.3. The largest absolute Gasteiger partial charge is 0.446 e. The van der Waals surface area contributed by atoms with Crippen molar-refractivity contribution < 1.29 is 22.7 Å². The first-order valence-electron chi connectivity index (χ1n) is 11.5. The van der Waals surface area contributed by atoms with Crippen molar-refractivity contribution in [1.29, 1.82) is 0 Å².